The van der Waals surface area contributed by atoms with Crippen LogP contribution in [0, 0.1) is 0 Å². The number of rotatable bonds is 5. The molecule has 1 saturated heterocycles. The van der Waals surface area contributed by atoms with Crippen LogP contribution in [0.1, 0.15) is 12.5 Å². The number of urea groups is 1. The minimum atomic E-state index is -1.25. The Bertz CT molecular complexity index is 1630. The number of imidazole rings is 1. The van der Waals surface area contributed by atoms with E-state index in [-0.39, 0.29) is 6.54 Å². The van der Waals surface area contributed by atoms with Crippen molar-refractivity contribution in [2.75, 3.05) is 11.9 Å². The number of hydrogen-bond donors (Lipinski definition) is 2. The van der Waals surface area contributed by atoms with Gasteiger partial charge >= 0.3 is 6.03 Å². The second-order valence-corrected chi connectivity index (χ2v) is 9.73. The number of fused-ring (bicyclic) bond motifs is 2. The molecule has 0 saturated carbocycles. The number of carbonyl (C=O) groups is 3. The second kappa shape index (κ2) is 8.31. The summed E-state index contributed by atoms with van der Waals surface area (Å²) in [5.74, 6) is -0.926. The average molecular weight is 496 g/mol. The molecule has 0 radical (unpaired) electrons. The number of nitrogens with zero attached hydrogens (tertiary/aromatic N) is 3. The second-order valence-electron chi connectivity index (χ2n) is 8.85. The lowest BCUT2D eigenvalue weighted by Crippen LogP contribution is -2.42. The molecule has 8 nitrogen and oxygen atoms in total. The van der Waals surface area contributed by atoms with E-state index in [1.54, 1.807) is 30.4 Å². The highest BCUT2D eigenvalue weighted by Gasteiger charge is 2.49. The lowest BCUT2D eigenvalue weighted by molar-refractivity contribution is -0.133. The number of thiazole rings is 1. The van der Waals surface area contributed by atoms with Crippen LogP contribution in [0.25, 0.3) is 27.0 Å². The Kier molecular flexibility index (Phi) is 5.08. The molecule has 6 rings (SSSR count). The molecule has 0 bridgehead atoms. The van der Waals surface area contributed by atoms with Crippen LogP contribution >= 0.6 is 11.3 Å². The minimum Gasteiger partial charge on any atom is -0.325 e. The summed E-state index contributed by atoms with van der Waals surface area (Å²) < 4.78 is 1.96. The fraction of sp³-hybridized carbons (Fsp3) is 0.111. The monoisotopic (exact) mass is 495 g/mol. The molecule has 1 aliphatic heterocycles. The molecule has 3 aromatic carbocycles. The van der Waals surface area contributed by atoms with Crippen molar-refractivity contribution in [2.24, 2.45) is 0 Å². The maximum absolute atomic E-state index is 13.3. The van der Waals surface area contributed by atoms with Crippen LogP contribution in [0.2, 0.25) is 0 Å². The molecule has 2 N–H and O–H groups in total. The number of anilines is 1. The molecule has 5 aromatic rings. The highest BCUT2D eigenvalue weighted by Crippen LogP contribution is 2.31. The van der Waals surface area contributed by atoms with E-state index in [1.165, 1.54) is 0 Å². The van der Waals surface area contributed by atoms with Gasteiger partial charge in [0.2, 0.25) is 5.91 Å². The molecule has 1 aliphatic rings. The predicted octanol–water partition coefficient (Wildman–Crippen LogP) is 4.62. The van der Waals surface area contributed by atoms with Gasteiger partial charge in [0.15, 0.2) is 4.96 Å². The first-order valence-electron chi connectivity index (χ1n) is 11.4. The highest BCUT2D eigenvalue weighted by atomic mass is 32.1. The standard InChI is InChI=1S/C27H21N5O3S/c1-27(20-9-6-17-4-2-3-5-19(17)14-20)24(34)32(25(35)30-27)16-23(33)28-21-10-7-18(8-11-21)22-15-31-12-13-36-26(31)29-22/h2-15H,16H2,1H3,(H,28,33)(H,30,35). The number of carbonyl (C=O) groups excluding carboxylic acids is 3. The van der Waals surface area contributed by atoms with Crippen LogP contribution in [-0.2, 0) is 15.1 Å². The topological polar surface area (TPSA) is 95.8 Å². The molecular weight excluding hydrogens is 474 g/mol. The van der Waals surface area contributed by atoms with Crippen molar-refractivity contribution in [3.63, 3.8) is 0 Å². The summed E-state index contributed by atoms with van der Waals surface area (Å²) in [6.07, 6.45) is 3.90. The van der Waals surface area contributed by atoms with E-state index in [0.29, 0.717) is 11.3 Å². The fourth-order valence-corrected chi connectivity index (χ4v) is 5.17. The van der Waals surface area contributed by atoms with Gasteiger partial charge in [-0.25, -0.2) is 9.78 Å². The van der Waals surface area contributed by atoms with Gasteiger partial charge in [0.1, 0.15) is 12.1 Å². The minimum absolute atomic E-state index is 0.382. The first-order chi connectivity index (χ1) is 17.4. The van der Waals surface area contributed by atoms with Crippen molar-refractivity contribution in [3.05, 3.63) is 90.1 Å². The molecule has 0 aliphatic carbocycles. The molecular formula is C27H21N5O3S. The van der Waals surface area contributed by atoms with Gasteiger partial charge in [0.25, 0.3) is 5.91 Å². The zero-order chi connectivity index (χ0) is 24.9. The van der Waals surface area contributed by atoms with Crippen LogP contribution in [0.15, 0.2) is 84.5 Å². The molecule has 0 spiro atoms. The fourth-order valence-electron chi connectivity index (χ4n) is 4.47. The zero-order valence-corrected chi connectivity index (χ0v) is 20.1. The van der Waals surface area contributed by atoms with Crippen LogP contribution < -0.4 is 10.6 Å². The molecule has 9 heteroatoms. The molecule has 178 valence electrons. The average Bonchev–Trinajstić information content (AvgIpc) is 3.54. The van der Waals surface area contributed by atoms with Crippen LogP contribution in [-0.4, -0.2) is 38.7 Å². The van der Waals surface area contributed by atoms with E-state index < -0.39 is 23.4 Å². The van der Waals surface area contributed by atoms with Crippen LogP contribution in [0.3, 0.4) is 0 Å². The summed E-state index contributed by atoms with van der Waals surface area (Å²) in [4.78, 5) is 45.1. The van der Waals surface area contributed by atoms with Crippen molar-refractivity contribution < 1.29 is 14.4 Å². The van der Waals surface area contributed by atoms with E-state index in [4.69, 9.17) is 0 Å². The number of hydrogen-bond acceptors (Lipinski definition) is 5. The molecule has 1 unspecified atom stereocenters. The van der Waals surface area contributed by atoms with Gasteiger partial charge in [0, 0.05) is 29.0 Å². The molecule has 1 fully saturated rings. The largest absolute Gasteiger partial charge is 0.325 e. The number of benzene rings is 3. The Morgan fingerprint density at radius 1 is 1.06 bits per heavy atom. The first-order valence-corrected chi connectivity index (χ1v) is 12.2. The van der Waals surface area contributed by atoms with Crippen molar-refractivity contribution in [3.8, 4) is 11.3 Å². The summed E-state index contributed by atoms with van der Waals surface area (Å²) in [6.45, 7) is 1.28. The van der Waals surface area contributed by atoms with E-state index in [2.05, 4.69) is 15.6 Å². The van der Waals surface area contributed by atoms with Crippen LogP contribution in [0.5, 0.6) is 0 Å². The van der Waals surface area contributed by atoms with Gasteiger partial charge in [-0.1, -0.05) is 48.5 Å². The third-order valence-corrected chi connectivity index (χ3v) is 7.23. The Labute approximate surface area is 210 Å². The third-order valence-electron chi connectivity index (χ3n) is 6.46. The maximum atomic E-state index is 13.3. The number of amides is 4. The molecule has 4 amide bonds. The molecule has 1 atom stereocenters. The number of imide groups is 1. The van der Waals surface area contributed by atoms with Crippen molar-refractivity contribution >= 4 is 50.6 Å². The maximum Gasteiger partial charge on any atom is 0.325 e. The molecule has 36 heavy (non-hydrogen) atoms. The summed E-state index contributed by atoms with van der Waals surface area (Å²) >= 11 is 1.56. The number of nitrogens with one attached hydrogen (secondary N) is 2. The van der Waals surface area contributed by atoms with E-state index in [1.807, 2.05) is 76.8 Å². The Hall–Kier alpha value is -4.50. The summed E-state index contributed by atoms with van der Waals surface area (Å²) in [5, 5.41) is 9.51. The van der Waals surface area contributed by atoms with Crippen molar-refractivity contribution in [1.82, 2.24) is 19.6 Å². The van der Waals surface area contributed by atoms with Gasteiger partial charge < -0.3 is 10.6 Å². The Morgan fingerprint density at radius 3 is 2.61 bits per heavy atom. The van der Waals surface area contributed by atoms with Crippen molar-refractivity contribution in [1.29, 1.82) is 0 Å². The zero-order valence-electron chi connectivity index (χ0n) is 19.3. The van der Waals surface area contributed by atoms with Gasteiger partial charge in [-0.05, 0) is 41.5 Å². The summed E-state index contributed by atoms with van der Waals surface area (Å²) in [5.41, 5.74) is 1.74. The molecule has 2 aromatic heterocycles. The van der Waals surface area contributed by atoms with Crippen LogP contribution in [0.4, 0.5) is 10.5 Å². The van der Waals surface area contributed by atoms with E-state index in [9.17, 15) is 14.4 Å². The SMILES string of the molecule is CC1(c2ccc3ccccc3c2)NC(=O)N(CC(=O)Nc2ccc(-c3cn4ccsc4n3)cc2)C1=O. The van der Waals surface area contributed by atoms with E-state index >= 15 is 0 Å². The van der Waals surface area contributed by atoms with Gasteiger partial charge in [0.05, 0.1) is 5.69 Å². The van der Waals surface area contributed by atoms with Crippen molar-refractivity contribution in [2.45, 2.75) is 12.5 Å². The quantitative estimate of drug-likeness (QED) is 0.348. The predicted molar refractivity (Wildman–Crippen MR) is 139 cm³/mol. The van der Waals surface area contributed by atoms with E-state index in [0.717, 1.165) is 31.9 Å². The third kappa shape index (κ3) is 3.70. The highest BCUT2D eigenvalue weighted by molar-refractivity contribution is 7.15. The normalized spacial score (nSPS) is 17.6. The Balaban J connectivity index is 1.15. The number of aromatic nitrogens is 2. The lowest BCUT2D eigenvalue weighted by Gasteiger charge is -2.22. The van der Waals surface area contributed by atoms with Gasteiger partial charge in [-0.3, -0.25) is 18.9 Å². The first kappa shape index (κ1) is 22.0. The van der Waals surface area contributed by atoms with Gasteiger partial charge in [-0.2, -0.15) is 0 Å². The lowest BCUT2D eigenvalue weighted by atomic mass is 9.90. The summed E-state index contributed by atoms with van der Waals surface area (Å²) in [7, 11) is 0. The summed E-state index contributed by atoms with van der Waals surface area (Å²) in [6, 6.07) is 20.1. The smallest absolute Gasteiger partial charge is 0.325 e. The Morgan fingerprint density at radius 2 is 1.83 bits per heavy atom. The van der Waals surface area contributed by atoms with Gasteiger partial charge in [-0.15, -0.1) is 11.3 Å². The molecule has 3 heterocycles.